The third-order valence-electron chi connectivity index (χ3n) is 5.50. The summed E-state index contributed by atoms with van der Waals surface area (Å²) in [6, 6.07) is 13.1. The fourth-order valence-corrected chi connectivity index (χ4v) is 3.96. The second kappa shape index (κ2) is 10.4. The zero-order valence-corrected chi connectivity index (χ0v) is 21.2. The molecule has 0 bridgehead atoms. The van der Waals surface area contributed by atoms with Crippen molar-refractivity contribution < 1.29 is 18.9 Å². The number of carbonyl (C=O) groups excluding carboxylic acids is 1. The van der Waals surface area contributed by atoms with Crippen LogP contribution in [0.4, 0.5) is 11.4 Å². The number of nitrogens with one attached hydrogen (secondary N) is 1. The van der Waals surface area contributed by atoms with E-state index in [1.54, 1.807) is 42.8 Å². The van der Waals surface area contributed by atoms with Crippen LogP contribution in [0.25, 0.3) is 0 Å². The van der Waals surface area contributed by atoms with E-state index >= 15 is 0 Å². The van der Waals surface area contributed by atoms with Crippen molar-refractivity contribution in [3.63, 3.8) is 0 Å². The Morgan fingerprint density at radius 3 is 2.61 bits per heavy atom. The Morgan fingerprint density at radius 2 is 1.89 bits per heavy atom. The third-order valence-corrected chi connectivity index (χ3v) is 6.24. The molecule has 0 radical (unpaired) electrons. The maximum atomic E-state index is 12.8. The standard InChI is InChI=1S/C25H22Cl2N4O5/c1-14-4-8-22(21(10-14)31(33)34)35-13-18-6-9-23(36-18)25(32)28-24-15(2)29-30(16(24)3)12-17-5-7-19(26)20(27)11-17/h4-11H,12-13H2,1-3H3,(H,28,32). The Hall–Kier alpha value is -3.82. The van der Waals surface area contributed by atoms with Crippen LogP contribution in [0.1, 0.15) is 38.8 Å². The molecule has 1 amide bonds. The van der Waals surface area contributed by atoms with E-state index in [2.05, 4.69) is 10.4 Å². The van der Waals surface area contributed by atoms with Crippen LogP contribution in [0.3, 0.4) is 0 Å². The number of furan rings is 1. The summed E-state index contributed by atoms with van der Waals surface area (Å²) >= 11 is 12.1. The number of hydrogen-bond donors (Lipinski definition) is 1. The molecule has 0 aliphatic heterocycles. The predicted octanol–water partition coefficient (Wildman–Crippen LogP) is 6.50. The van der Waals surface area contributed by atoms with Gasteiger partial charge in [0, 0.05) is 6.07 Å². The van der Waals surface area contributed by atoms with E-state index in [1.165, 1.54) is 18.2 Å². The number of nitro groups is 1. The van der Waals surface area contributed by atoms with Crippen molar-refractivity contribution in [1.29, 1.82) is 0 Å². The highest BCUT2D eigenvalue weighted by molar-refractivity contribution is 6.42. The Kier molecular flexibility index (Phi) is 7.32. The molecule has 36 heavy (non-hydrogen) atoms. The molecule has 1 N–H and O–H groups in total. The van der Waals surface area contributed by atoms with Gasteiger partial charge in [-0.15, -0.1) is 0 Å². The summed E-state index contributed by atoms with van der Waals surface area (Å²) < 4.78 is 12.9. The Bertz CT molecular complexity index is 1460. The second-order valence-corrected chi connectivity index (χ2v) is 9.00. The van der Waals surface area contributed by atoms with Crippen LogP contribution in [0.5, 0.6) is 5.75 Å². The highest BCUT2D eigenvalue weighted by Crippen LogP contribution is 2.29. The number of anilines is 1. The number of ether oxygens (including phenoxy) is 1. The molecule has 0 atom stereocenters. The number of benzene rings is 2. The Balaban J connectivity index is 1.43. The van der Waals surface area contributed by atoms with E-state index < -0.39 is 10.8 Å². The lowest BCUT2D eigenvalue weighted by Crippen LogP contribution is -2.12. The fourth-order valence-electron chi connectivity index (χ4n) is 3.64. The van der Waals surface area contributed by atoms with Gasteiger partial charge in [-0.1, -0.05) is 35.3 Å². The molecule has 0 fully saturated rings. The zero-order chi connectivity index (χ0) is 26.0. The van der Waals surface area contributed by atoms with Gasteiger partial charge in [0.1, 0.15) is 12.4 Å². The molecule has 0 unspecified atom stereocenters. The van der Waals surface area contributed by atoms with Crippen molar-refractivity contribution in [1.82, 2.24) is 9.78 Å². The molecule has 0 saturated heterocycles. The molecule has 2 aromatic heterocycles. The summed E-state index contributed by atoms with van der Waals surface area (Å²) in [6.07, 6.45) is 0. The number of carbonyl (C=O) groups is 1. The maximum absolute atomic E-state index is 12.8. The van der Waals surface area contributed by atoms with Gasteiger partial charge in [-0.3, -0.25) is 19.6 Å². The van der Waals surface area contributed by atoms with Gasteiger partial charge in [-0.05, 0) is 62.2 Å². The molecular formula is C25H22Cl2N4O5. The number of halogens is 2. The van der Waals surface area contributed by atoms with Crippen LogP contribution in [0, 0.1) is 30.9 Å². The van der Waals surface area contributed by atoms with E-state index in [0.29, 0.717) is 33.7 Å². The summed E-state index contributed by atoms with van der Waals surface area (Å²) in [6.45, 7) is 5.78. The van der Waals surface area contributed by atoms with Crippen molar-refractivity contribution in [2.45, 2.75) is 33.9 Å². The SMILES string of the molecule is Cc1ccc(OCc2ccc(C(=O)Nc3c(C)nn(Cc4ccc(Cl)c(Cl)c4)c3C)o2)c([N+](=O)[O-])c1. The molecule has 0 aliphatic carbocycles. The number of hydrogen-bond acceptors (Lipinski definition) is 6. The van der Waals surface area contributed by atoms with Gasteiger partial charge in [0.2, 0.25) is 0 Å². The molecule has 2 heterocycles. The number of amides is 1. The number of nitrogens with zero attached hydrogens (tertiary/aromatic N) is 3. The van der Waals surface area contributed by atoms with Crippen LogP contribution in [0.15, 0.2) is 52.9 Å². The van der Waals surface area contributed by atoms with Crippen LogP contribution in [-0.4, -0.2) is 20.6 Å². The minimum Gasteiger partial charge on any atom is -0.479 e. The number of aromatic nitrogens is 2. The molecule has 11 heteroatoms. The Labute approximate surface area is 216 Å². The van der Waals surface area contributed by atoms with E-state index in [1.807, 2.05) is 13.0 Å². The van der Waals surface area contributed by atoms with Crippen molar-refractivity contribution in [2.24, 2.45) is 0 Å². The largest absolute Gasteiger partial charge is 0.479 e. The molecule has 4 aromatic rings. The van der Waals surface area contributed by atoms with Crippen molar-refractivity contribution >= 4 is 40.5 Å². The zero-order valence-electron chi connectivity index (χ0n) is 19.7. The van der Waals surface area contributed by atoms with Gasteiger partial charge in [0.15, 0.2) is 11.5 Å². The van der Waals surface area contributed by atoms with Gasteiger partial charge >= 0.3 is 5.69 Å². The predicted molar refractivity (Wildman–Crippen MR) is 136 cm³/mol. The average Bonchev–Trinajstić information content (AvgIpc) is 3.41. The minimum atomic E-state index is -0.504. The number of rotatable bonds is 8. The number of nitro benzene ring substituents is 1. The van der Waals surface area contributed by atoms with Crippen molar-refractivity contribution in [3.05, 3.63) is 103 Å². The quantitative estimate of drug-likeness (QED) is 0.206. The molecule has 2 aromatic carbocycles. The molecule has 186 valence electrons. The van der Waals surface area contributed by atoms with E-state index in [0.717, 1.165) is 16.8 Å². The topological polar surface area (TPSA) is 112 Å². The fraction of sp³-hybridized carbons (Fsp3) is 0.200. The highest BCUT2D eigenvalue weighted by Gasteiger charge is 2.19. The maximum Gasteiger partial charge on any atom is 0.311 e. The minimum absolute atomic E-state index is 0.0723. The molecular weight excluding hydrogens is 507 g/mol. The van der Waals surface area contributed by atoms with E-state index in [9.17, 15) is 14.9 Å². The second-order valence-electron chi connectivity index (χ2n) is 8.19. The first-order valence-electron chi connectivity index (χ1n) is 10.9. The van der Waals surface area contributed by atoms with Crippen molar-refractivity contribution in [2.75, 3.05) is 5.32 Å². The van der Waals surface area contributed by atoms with Crippen LogP contribution in [-0.2, 0) is 13.2 Å². The monoisotopic (exact) mass is 528 g/mol. The van der Waals surface area contributed by atoms with Gasteiger partial charge in [0.05, 0.1) is 38.6 Å². The first-order valence-corrected chi connectivity index (χ1v) is 11.6. The first kappa shape index (κ1) is 25.3. The molecule has 4 rings (SSSR count). The third kappa shape index (κ3) is 5.53. The summed E-state index contributed by atoms with van der Waals surface area (Å²) in [5.74, 6) is 0.0818. The highest BCUT2D eigenvalue weighted by atomic mass is 35.5. The molecule has 9 nitrogen and oxygen atoms in total. The molecule has 0 saturated carbocycles. The smallest absolute Gasteiger partial charge is 0.311 e. The van der Waals surface area contributed by atoms with Gasteiger partial charge in [0.25, 0.3) is 5.91 Å². The summed E-state index contributed by atoms with van der Waals surface area (Å²) in [4.78, 5) is 23.6. The van der Waals surface area contributed by atoms with Crippen molar-refractivity contribution in [3.8, 4) is 5.75 Å². The normalized spacial score (nSPS) is 10.9. The first-order chi connectivity index (χ1) is 17.1. The van der Waals surface area contributed by atoms with Crippen LogP contribution >= 0.6 is 23.2 Å². The lowest BCUT2D eigenvalue weighted by molar-refractivity contribution is -0.386. The summed E-state index contributed by atoms with van der Waals surface area (Å²) in [7, 11) is 0. The van der Waals surface area contributed by atoms with Crippen LogP contribution < -0.4 is 10.1 Å². The van der Waals surface area contributed by atoms with Crippen LogP contribution in [0.2, 0.25) is 10.0 Å². The van der Waals surface area contributed by atoms with E-state index in [-0.39, 0.29) is 23.8 Å². The average molecular weight is 529 g/mol. The molecule has 0 aliphatic rings. The van der Waals surface area contributed by atoms with Gasteiger partial charge < -0.3 is 14.5 Å². The van der Waals surface area contributed by atoms with Gasteiger partial charge in [-0.2, -0.15) is 5.10 Å². The van der Waals surface area contributed by atoms with Gasteiger partial charge in [-0.25, -0.2) is 0 Å². The van der Waals surface area contributed by atoms with E-state index in [4.69, 9.17) is 32.4 Å². The lowest BCUT2D eigenvalue weighted by Gasteiger charge is -2.08. The summed E-state index contributed by atoms with van der Waals surface area (Å²) in [5.41, 5.74) is 3.50. The summed E-state index contributed by atoms with van der Waals surface area (Å²) in [5, 5.41) is 19.6. The lowest BCUT2D eigenvalue weighted by atomic mass is 10.2. The number of aryl methyl sites for hydroxylation is 2. The molecule has 0 spiro atoms. The Morgan fingerprint density at radius 1 is 1.11 bits per heavy atom.